The molecule has 1 unspecified atom stereocenters. The minimum atomic E-state index is -0.639. The minimum Gasteiger partial charge on any atom is -0.467 e. The third-order valence-corrected chi connectivity index (χ3v) is 2.67. The molecule has 1 aliphatic rings. The number of ether oxygens (including phenoxy) is 1. The Kier molecular flexibility index (Phi) is 3.88. The SMILES string of the molecule is COC(=O)[C@H]1CC(O)CN1C(=O)CBr. The number of aliphatic hydroxyl groups is 1. The molecular weight excluding hydrogens is 254 g/mol. The van der Waals surface area contributed by atoms with Crippen LogP contribution in [0.4, 0.5) is 0 Å². The normalized spacial score (nSPS) is 26.4. The van der Waals surface area contributed by atoms with Gasteiger partial charge in [-0.3, -0.25) is 4.79 Å². The van der Waals surface area contributed by atoms with Crippen molar-refractivity contribution < 1.29 is 19.4 Å². The second kappa shape index (κ2) is 4.75. The van der Waals surface area contributed by atoms with E-state index >= 15 is 0 Å². The van der Waals surface area contributed by atoms with E-state index in [4.69, 9.17) is 0 Å². The van der Waals surface area contributed by atoms with Gasteiger partial charge in [-0.1, -0.05) is 15.9 Å². The molecule has 0 saturated carbocycles. The maximum absolute atomic E-state index is 11.4. The zero-order valence-electron chi connectivity index (χ0n) is 7.77. The highest BCUT2D eigenvalue weighted by atomic mass is 79.9. The first-order valence-electron chi connectivity index (χ1n) is 4.21. The predicted molar refractivity (Wildman–Crippen MR) is 51.9 cm³/mol. The molecule has 1 rings (SSSR count). The van der Waals surface area contributed by atoms with Gasteiger partial charge in [-0.15, -0.1) is 0 Å². The molecule has 6 heteroatoms. The van der Waals surface area contributed by atoms with E-state index < -0.39 is 18.1 Å². The lowest BCUT2D eigenvalue weighted by Gasteiger charge is -2.21. The molecule has 1 fully saturated rings. The third-order valence-electron chi connectivity index (χ3n) is 2.19. The Balaban J connectivity index is 2.72. The lowest BCUT2D eigenvalue weighted by molar-refractivity contribution is -0.150. The second-order valence-electron chi connectivity index (χ2n) is 3.11. The molecule has 1 heterocycles. The van der Waals surface area contributed by atoms with Crippen LogP contribution in [0.3, 0.4) is 0 Å². The van der Waals surface area contributed by atoms with Gasteiger partial charge >= 0.3 is 5.97 Å². The quantitative estimate of drug-likeness (QED) is 0.541. The van der Waals surface area contributed by atoms with Crippen LogP contribution >= 0.6 is 15.9 Å². The van der Waals surface area contributed by atoms with Gasteiger partial charge in [0.1, 0.15) is 6.04 Å². The lowest BCUT2D eigenvalue weighted by atomic mass is 10.2. The molecule has 0 spiro atoms. The number of β-amino-alcohol motifs (C(OH)–C–C–N with tert-alkyl or cyclic N) is 1. The lowest BCUT2D eigenvalue weighted by Crippen LogP contribution is -2.41. The van der Waals surface area contributed by atoms with Crippen LogP contribution in [-0.2, 0) is 14.3 Å². The first-order chi connectivity index (χ1) is 6.60. The number of carbonyl (C=O) groups excluding carboxylic acids is 2. The predicted octanol–water partition coefficient (Wildman–Crippen LogP) is -0.484. The Morgan fingerprint density at radius 1 is 1.64 bits per heavy atom. The monoisotopic (exact) mass is 265 g/mol. The van der Waals surface area contributed by atoms with Gasteiger partial charge in [-0.2, -0.15) is 0 Å². The molecule has 14 heavy (non-hydrogen) atoms. The van der Waals surface area contributed by atoms with E-state index in [0.29, 0.717) is 0 Å². The van der Waals surface area contributed by atoms with Crippen LogP contribution in [0, 0.1) is 0 Å². The Hall–Kier alpha value is -0.620. The average molecular weight is 266 g/mol. The van der Waals surface area contributed by atoms with Crippen molar-refractivity contribution in [3.63, 3.8) is 0 Å². The molecule has 1 amide bonds. The molecule has 0 aliphatic carbocycles. The zero-order valence-corrected chi connectivity index (χ0v) is 9.36. The van der Waals surface area contributed by atoms with Crippen LogP contribution in [0.15, 0.2) is 0 Å². The van der Waals surface area contributed by atoms with Crippen LogP contribution in [-0.4, -0.2) is 53.0 Å². The van der Waals surface area contributed by atoms with Crippen LogP contribution < -0.4 is 0 Å². The molecule has 0 aromatic carbocycles. The highest BCUT2D eigenvalue weighted by molar-refractivity contribution is 9.09. The van der Waals surface area contributed by atoms with Crippen molar-refractivity contribution in [3.05, 3.63) is 0 Å². The number of alkyl halides is 1. The molecule has 1 N–H and O–H groups in total. The zero-order chi connectivity index (χ0) is 10.7. The summed E-state index contributed by atoms with van der Waals surface area (Å²) in [5, 5.41) is 9.49. The van der Waals surface area contributed by atoms with Gasteiger partial charge in [-0.25, -0.2) is 4.79 Å². The number of aliphatic hydroxyl groups excluding tert-OH is 1. The van der Waals surface area contributed by atoms with Gasteiger partial charge in [-0.05, 0) is 0 Å². The molecule has 5 nitrogen and oxygen atoms in total. The maximum atomic E-state index is 11.4. The van der Waals surface area contributed by atoms with E-state index in [-0.39, 0.29) is 24.2 Å². The number of amides is 1. The standard InChI is InChI=1S/C8H12BrNO4/c1-14-8(13)6-2-5(11)4-10(6)7(12)3-9/h5-6,11H,2-4H2,1H3/t5?,6-/m1/s1. The van der Waals surface area contributed by atoms with Gasteiger partial charge in [0.25, 0.3) is 0 Å². The third kappa shape index (κ3) is 2.24. The number of halogens is 1. The van der Waals surface area contributed by atoms with Crippen molar-refractivity contribution >= 4 is 27.8 Å². The van der Waals surface area contributed by atoms with Crippen molar-refractivity contribution in [2.45, 2.75) is 18.6 Å². The van der Waals surface area contributed by atoms with Gasteiger partial charge in [0.15, 0.2) is 0 Å². The summed E-state index contributed by atoms with van der Waals surface area (Å²) < 4.78 is 4.55. The summed E-state index contributed by atoms with van der Waals surface area (Å²) in [7, 11) is 1.27. The Bertz CT molecular complexity index is 221. The highest BCUT2D eigenvalue weighted by Crippen LogP contribution is 2.19. The van der Waals surface area contributed by atoms with Crippen LogP contribution in [0.1, 0.15) is 6.42 Å². The summed E-state index contributed by atoms with van der Waals surface area (Å²) in [6.45, 7) is 0.199. The number of nitrogens with zero attached hydrogens (tertiary/aromatic N) is 1. The van der Waals surface area contributed by atoms with Crippen molar-refractivity contribution in [2.24, 2.45) is 0 Å². The summed E-state index contributed by atoms with van der Waals surface area (Å²) in [5.41, 5.74) is 0. The van der Waals surface area contributed by atoms with Crippen LogP contribution in [0.5, 0.6) is 0 Å². The second-order valence-corrected chi connectivity index (χ2v) is 3.67. The van der Waals surface area contributed by atoms with Crippen molar-refractivity contribution in [1.82, 2.24) is 4.90 Å². The first-order valence-corrected chi connectivity index (χ1v) is 5.33. The Labute approximate surface area is 90.1 Å². The molecule has 0 bridgehead atoms. The maximum Gasteiger partial charge on any atom is 0.328 e. The highest BCUT2D eigenvalue weighted by Gasteiger charge is 2.38. The van der Waals surface area contributed by atoms with Crippen molar-refractivity contribution in [3.8, 4) is 0 Å². The van der Waals surface area contributed by atoms with Crippen LogP contribution in [0.2, 0.25) is 0 Å². The molecule has 0 aromatic rings. The number of likely N-dealkylation sites (tertiary alicyclic amines) is 1. The number of hydrogen-bond acceptors (Lipinski definition) is 4. The van der Waals surface area contributed by atoms with E-state index in [1.165, 1.54) is 12.0 Å². The van der Waals surface area contributed by atoms with Gasteiger partial charge in [0.05, 0.1) is 18.5 Å². The Morgan fingerprint density at radius 2 is 2.29 bits per heavy atom. The van der Waals surface area contributed by atoms with E-state index in [1.54, 1.807) is 0 Å². The number of methoxy groups -OCH3 is 1. The summed E-state index contributed by atoms with van der Waals surface area (Å²) in [6.07, 6.45) is -0.382. The molecule has 2 atom stereocenters. The average Bonchev–Trinajstić information content (AvgIpc) is 2.58. The summed E-state index contributed by atoms with van der Waals surface area (Å²) >= 11 is 3.02. The smallest absolute Gasteiger partial charge is 0.328 e. The summed E-state index contributed by atoms with van der Waals surface area (Å²) in [4.78, 5) is 23.9. The van der Waals surface area contributed by atoms with Gasteiger partial charge in [0.2, 0.25) is 5.91 Å². The topological polar surface area (TPSA) is 66.8 Å². The van der Waals surface area contributed by atoms with Gasteiger partial charge < -0.3 is 14.7 Å². The summed E-state index contributed by atoms with van der Waals surface area (Å²) in [5.74, 6) is -0.687. The number of carbonyl (C=O) groups is 2. The van der Waals surface area contributed by atoms with Crippen molar-refractivity contribution in [2.75, 3.05) is 19.0 Å². The number of esters is 1. The molecule has 0 radical (unpaired) electrons. The van der Waals surface area contributed by atoms with E-state index in [2.05, 4.69) is 20.7 Å². The molecule has 80 valence electrons. The van der Waals surface area contributed by atoms with Gasteiger partial charge in [0, 0.05) is 13.0 Å². The van der Waals surface area contributed by atoms with Crippen molar-refractivity contribution in [1.29, 1.82) is 0 Å². The number of rotatable bonds is 2. The van der Waals surface area contributed by atoms with E-state index in [1.807, 2.05) is 0 Å². The van der Waals surface area contributed by atoms with E-state index in [0.717, 1.165) is 0 Å². The summed E-state index contributed by atoms with van der Waals surface area (Å²) in [6, 6.07) is -0.639. The largest absolute Gasteiger partial charge is 0.467 e. The minimum absolute atomic E-state index is 0.146. The fourth-order valence-corrected chi connectivity index (χ4v) is 1.85. The fraction of sp³-hybridized carbons (Fsp3) is 0.750. The molecule has 1 saturated heterocycles. The Morgan fingerprint density at radius 3 is 2.79 bits per heavy atom. The molecule has 0 aromatic heterocycles. The molecular formula is C8H12BrNO4. The molecule has 1 aliphatic heterocycles. The van der Waals surface area contributed by atoms with Crippen LogP contribution in [0.25, 0.3) is 0 Å². The fourth-order valence-electron chi connectivity index (χ4n) is 1.53. The van der Waals surface area contributed by atoms with E-state index in [9.17, 15) is 14.7 Å². The first kappa shape index (κ1) is 11.5. The number of hydrogen-bond donors (Lipinski definition) is 1.